The molecule has 30 heavy (non-hydrogen) atoms. The van der Waals surface area contributed by atoms with Crippen molar-refractivity contribution in [3.05, 3.63) is 69.9 Å². The van der Waals surface area contributed by atoms with Crippen molar-refractivity contribution >= 4 is 16.7 Å². The monoisotopic (exact) mass is 403 g/mol. The second-order valence-corrected chi connectivity index (χ2v) is 8.35. The van der Waals surface area contributed by atoms with E-state index in [1.807, 2.05) is 12.1 Å². The molecule has 5 rings (SSSR count). The van der Waals surface area contributed by atoms with Crippen LogP contribution in [0.1, 0.15) is 11.3 Å². The average molecular weight is 403 g/mol. The minimum absolute atomic E-state index is 0.0704. The second kappa shape index (κ2) is 7.22. The third kappa shape index (κ3) is 3.23. The van der Waals surface area contributed by atoms with Gasteiger partial charge in [0, 0.05) is 45.8 Å². The van der Waals surface area contributed by atoms with Gasteiger partial charge in [0.2, 0.25) is 0 Å². The van der Waals surface area contributed by atoms with Gasteiger partial charge in [-0.15, -0.1) is 0 Å². The number of nitrogens with zero attached hydrogens (tertiary/aromatic N) is 5. The molecule has 0 aliphatic carbocycles. The predicted molar refractivity (Wildman–Crippen MR) is 113 cm³/mol. The minimum Gasteiger partial charge on any atom is -0.369 e. The zero-order valence-corrected chi connectivity index (χ0v) is 16.8. The lowest BCUT2D eigenvalue weighted by atomic mass is 10.0. The van der Waals surface area contributed by atoms with Crippen LogP contribution in [0, 0.1) is 29.0 Å². The Bertz CT molecular complexity index is 1200. The molecule has 0 saturated carbocycles. The van der Waals surface area contributed by atoms with Crippen molar-refractivity contribution in [3.63, 3.8) is 0 Å². The number of aromatic nitrogens is 2. The van der Waals surface area contributed by atoms with Gasteiger partial charge in [-0.25, -0.2) is 9.37 Å². The van der Waals surface area contributed by atoms with Crippen molar-refractivity contribution < 1.29 is 4.39 Å². The van der Waals surface area contributed by atoms with Crippen molar-refractivity contribution in [2.24, 2.45) is 18.9 Å². The van der Waals surface area contributed by atoms with E-state index in [0.717, 1.165) is 49.5 Å². The lowest BCUT2D eigenvalue weighted by Crippen LogP contribution is -2.30. The third-order valence-electron chi connectivity index (χ3n) is 6.41. The maximum absolute atomic E-state index is 13.1. The standard InChI is InChI=1S/C23H22FN5O/c1-27-20-7-6-19(9-25)26-23(20)21(8-22(27)30)29-13-16-11-28(12-17(16)14-29)10-15-2-4-18(24)5-3-15/h2-8,16-17H,10-14H2,1H3/t16-,17-/m1/s1. The highest BCUT2D eigenvalue weighted by atomic mass is 19.1. The van der Waals surface area contributed by atoms with Crippen LogP contribution in [0.25, 0.3) is 11.0 Å². The van der Waals surface area contributed by atoms with E-state index in [9.17, 15) is 14.4 Å². The summed E-state index contributed by atoms with van der Waals surface area (Å²) < 4.78 is 14.7. The Morgan fingerprint density at radius 2 is 1.80 bits per heavy atom. The van der Waals surface area contributed by atoms with Crippen LogP contribution in [0.3, 0.4) is 0 Å². The van der Waals surface area contributed by atoms with Gasteiger partial charge in [0.15, 0.2) is 0 Å². The lowest BCUT2D eigenvalue weighted by Gasteiger charge is -2.24. The van der Waals surface area contributed by atoms with Crippen LogP contribution in [0.15, 0.2) is 47.3 Å². The summed E-state index contributed by atoms with van der Waals surface area (Å²) in [6.45, 7) is 4.53. The maximum atomic E-state index is 13.1. The maximum Gasteiger partial charge on any atom is 0.252 e. The van der Waals surface area contributed by atoms with Crippen LogP contribution < -0.4 is 10.5 Å². The highest BCUT2D eigenvalue weighted by Crippen LogP contribution is 2.36. The van der Waals surface area contributed by atoms with Gasteiger partial charge in [0.05, 0.1) is 11.2 Å². The first-order valence-corrected chi connectivity index (χ1v) is 10.1. The molecule has 0 spiro atoms. The van der Waals surface area contributed by atoms with Crippen molar-refractivity contribution in [2.45, 2.75) is 6.54 Å². The molecule has 2 fully saturated rings. The first-order chi connectivity index (χ1) is 14.5. The third-order valence-corrected chi connectivity index (χ3v) is 6.41. The Kier molecular flexibility index (Phi) is 4.52. The van der Waals surface area contributed by atoms with Crippen LogP contribution in [-0.4, -0.2) is 40.6 Å². The number of aryl methyl sites for hydroxylation is 1. The smallest absolute Gasteiger partial charge is 0.252 e. The minimum atomic E-state index is -0.206. The first-order valence-electron chi connectivity index (χ1n) is 10.1. The molecule has 0 N–H and O–H groups in total. The van der Waals surface area contributed by atoms with Gasteiger partial charge >= 0.3 is 0 Å². The van der Waals surface area contributed by atoms with Crippen molar-refractivity contribution in [1.82, 2.24) is 14.5 Å². The summed E-state index contributed by atoms with van der Waals surface area (Å²) in [6.07, 6.45) is 0. The molecule has 2 atom stereocenters. The Morgan fingerprint density at radius 3 is 2.47 bits per heavy atom. The van der Waals surface area contributed by atoms with Gasteiger partial charge in [-0.2, -0.15) is 5.26 Å². The van der Waals surface area contributed by atoms with Crippen LogP contribution in [0.5, 0.6) is 0 Å². The summed E-state index contributed by atoms with van der Waals surface area (Å²) >= 11 is 0. The molecule has 6 nitrogen and oxygen atoms in total. The Morgan fingerprint density at radius 1 is 1.10 bits per heavy atom. The lowest BCUT2D eigenvalue weighted by molar-refractivity contribution is 0.309. The van der Waals surface area contributed by atoms with E-state index in [0.29, 0.717) is 23.0 Å². The van der Waals surface area contributed by atoms with E-state index in [-0.39, 0.29) is 11.4 Å². The summed E-state index contributed by atoms with van der Waals surface area (Å²) in [5.74, 6) is 0.828. The Labute approximate surface area is 173 Å². The van der Waals surface area contributed by atoms with Gasteiger partial charge in [-0.3, -0.25) is 9.69 Å². The number of hydrogen-bond acceptors (Lipinski definition) is 5. The van der Waals surface area contributed by atoms with Crippen molar-refractivity contribution in [2.75, 3.05) is 31.1 Å². The fourth-order valence-electron chi connectivity index (χ4n) is 4.88. The summed E-state index contributed by atoms with van der Waals surface area (Å²) in [5, 5.41) is 9.25. The van der Waals surface area contributed by atoms with E-state index in [4.69, 9.17) is 0 Å². The highest BCUT2D eigenvalue weighted by Gasteiger charge is 2.40. The fourth-order valence-corrected chi connectivity index (χ4v) is 4.88. The second-order valence-electron chi connectivity index (χ2n) is 8.35. The Balaban J connectivity index is 1.37. The highest BCUT2D eigenvalue weighted by molar-refractivity contribution is 5.88. The molecule has 0 amide bonds. The summed E-state index contributed by atoms with van der Waals surface area (Å²) in [6, 6.07) is 13.9. The molecule has 0 bridgehead atoms. The number of rotatable bonds is 3. The number of halogens is 1. The molecule has 7 heteroatoms. The molecule has 3 aromatic rings. The number of benzene rings is 1. The largest absolute Gasteiger partial charge is 0.369 e. The summed E-state index contributed by atoms with van der Waals surface area (Å²) in [7, 11) is 1.73. The van der Waals surface area contributed by atoms with Crippen LogP contribution in [0.4, 0.5) is 10.1 Å². The van der Waals surface area contributed by atoms with Crippen LogP contribution >= 0.6 is 0 Å². The number of hydrogen-bond donors (Lipinski definition) is 0. The molecule has 2 aliphatic rings. The van der Waals surface area contributed by atoms with Crippen LogP contribution in [-0.2, 0) is 13.6 Å². The van der Waals surface area contributed by atoms with Gasteiger partial charge in [-0.05, 0) is 41.7 Å². The molecule has 152 valence electrons. The molecule has 0 radical (unpaired) electrons. The summed E-state index contributed by atoms with van der Waals surface area (Å²) in [5.41, 5.74) is 3.68. The van der Waals surface area contributed by atoms with Gasteiger partial charge in [0.1, 0.15) is 23.1 Å². The molecule has 2 saturated heterocycles. The number of anilines is 1. The normalized spacial score (nSPS) is 21.2. The summed E-state index contributed by atoms with van der Waals surface area (Å²) in [4.78, 5) is 21.7. The topological polar surface area (TPSA) is 65.2 Å². The number of likely N-dealkylation sites (tertiary alicyclic amines) is 1. The van der Waals surface area contributed by atoms with E-state index >= 15 is 0 Å². The molecule has 1 aromatic carbocycles. The number of pyridine rings is 2. The van der Waals surface area contributed by atoms with Gasteiger partial charge in [-0.1, -0.05) is 12.1 Å². The SMILES string of the molecule is Cn1c(=O)cc(N2C[C@H]3CN(Cc4ccc(F)cc4)C[C@@H]3C2)c2nc(C#N)ccc21. The molecule has 0 unspecified atom stereocenters. The molecular formula is C23H22FN5O. The molecular weight excluding hydrogens is 381 g/mol. The average Bonchev–Trinajstić information content (AvgIpc) is 3.30. The van der Waals surface area contributed by atoms with E-state index in [2.05, 4.69) is 20.9 Å². The van der Waals surface area contributed by atoms with E-state index in [1.165, 1.54) is 12.1 Å². The Hall–Kier alpha value is -3.24. The van der Waals surface area contributed by atoms with Gasteiger partial charge < -0.3 is 9.47 Å². The zero-order valence-electron chi connectivity index (χ0n) is 16.8. The fraction of sp³-hybridized carbons (Fsp3) is 0.348. The predicted octanol–water partition coefficient (Wildman–Crippen LogP) is 2.51. The van der Waals surface area contributed by atoms with Crippen molar-refractivity contribution in [3.8, 4) is 6.07 Å². The van der Waals surface area contributed by atoms with E-state index < -0.39 is 0 Å². The van der Waals surface area contributed by atoms with Crippen molar-refractivity contribution in [1.29, 1.82) is 5.26 Å². The molecule has 2 aliphatic heterocycles. The first kappa shape index (κ1) is 18.8. The molecule has 4 heterocycles. The van der Waals surface area contributed by atoms with Gasteiger partial charge in [0.25, 0.3) is 5.56 Å². The quantitative estimate of drug-likeness (QED) is 0.672. The number of nitriles is 1. The zero-order chi connectivity index (χ0) is 20.8. The van der Waals surface area contributed by atoms with E-state index in [1.54, 1.807) is 29.8 Å². The number of fused-ring (bicyclic) bond motifs is 2. The van der Waals surface area contributed by atoms with Crippen LogP contribution in [0.2, 0.25) is 0 Å². The molecule has 2 aromatic heterocycles.